The first-order valence-electron chi connectivity index (χ1n) is 6.56. The minimum absolute atomic E-state index is 0.102. The van der Waals surface area contributed by atoms with Crippen molar-refractivity contribution in [3.8, 4) is 0 Å². The van der Waals surface area contributed by atoms with Crippen LogP contribution in [0.4, 0.5) is 23.4 Å². The molecule has 0 saturated heterocycles. The molecule has 0 aliphatic heterocycles. The maximum atomic E-state index is 13.0. The lowest BCUT2D eigenvalue weighted by atomic mass is 10.3. The second-order valence-corrected chi connectivity index (χ2v) is 4.78. The van der Waals surface area contributed by atoms with Crippen LogP contribution in [0.5, 0.6) is 0 Å². The molecular weight excluding hydrogens is 334 g/mol. The number of alkyl halides is 4. The van der Waals surface area contributed by atoms with Crippen LogP contribution in [0.2, 0.25) is 0 Å². The van der Waals surface area contributed by atoms with E-state index >= 15 is 0 Å². The van der Waals surface area contributed by atoms with E-state index in [0.29, 0.717) is 16.3 Å². The van der Waals surface area contributed by atoms with E-state index in [1.165, 1.54) is 6.07 Å². The molecule has 3 heterocycles. The summed E-state index contributed by atoms with van der Waals surface area (Å²) in [7, 11) is 0. The number of halogens is 4. The van der Waals surface area contributed by atoms with E-state index in [1.54, 1.807) is 6.92 Å². The monoisotopic (exact) mass is 343 g/mol. The third kappa shape index (κ3) is 2.92. The summed E-state index contributed by atoms with van der Waals surface area (Å²) in [6.45, 7) is 1.61. The number of amides is 1. The summed E-state index contributed by atoms with van der Waals surface area (Å²) in [6.07, 6.45) is -6.10. The standard InChI is InChI=1S/C13H9F4N5O2/c1-5-2-9(21-24-5)19-13(23)7-4-10-18-6(11(14)15)3-8(12(16)17)22(10)20-7/h2-4,11-12H,1H3,(H,19,21,23). The molecule has 0 atom stereocenters. The number of aryl methyl sites for hydroxylation is 1. The van der Waals surface area contributed by atoms with E-state index in [2.05, 4.69) is 20.6 Å². The van der Waals surface area contributed by atoms with Crippen LogP contribution in [-0.2, 0) is 0 Å². The van der Waals surface area contributed by atoms with Crippen molar-refractivity contribution in [3.63, 3.8) is 0 Å². The van der Waals surface area contributed by atoms with Crippen molar-refractivity contribution in [1.29, 1.82) is 0 Å². The van der Waals surface area contributed by atoms with E-state index < -0.39 is 30.1 Å². The highest BCUT2D eigenvalue weighted by molar-refractivity contribution is 6.02. The molecule has 0 aliphatic rings. The van der Waals surface area contributed by atoms with E-state index in [9.17, 15) is 22.4 Å². The number of carbonyl (C=O) groups is 1. The van der Waals surface area contributed by atoms with Gasteiger partial charge in [-0.25, -0.2) is 27.1 Å². The first kappa shape index (κ1) is 15.9. The van der Waals surface area contributed by atoms with Crippen molar-refractivity contribution >= 4 is 17.4 Å². The summed E-state index contributed by atoms with van der Waals surface area (Å²) in [4.78, 5) is 15.6. The molecule has 0 fully saturated rings. The van der Waals surface area contributed by atoms with Crippen molar-refractivity contribution in [2.24, 2.45) is 0 Å². The zero-order valence-corrected chi connectivity index (χ0v) is 12.0. The number of fused-ring (bicyclic) bond motifs is 1. The molecule has 1 amide bonds. The largest absolute Gasteiger partial charge is 0.360 e. The number of anilines is 1. The summed E-state index contributed by atoms with van der Waals surface area (Å²) >= 11 is 0. The van der Waals surface area contributed by atoms with Crippen LogP contribution in [0.3, 0.4) is 0 Å². The predicted molar refractivity (Wildman–Crippen MR) is 72.1 cm³/mol. The molecule has 0 unspecified atom stereocenters. The average Bonchev–Trinajstić information content (AvgIpc) is 3.11. The van der Waals surface area contributed by atoms with Gasteiger partial charge in [0.2, 0.25) is 0 Å². The van der Waals surface area contributed by atoms with Crippen molar-refractivity contribution in [2.75, 3.05) is 5.32 Å². The Bertz CT molecular complexity index is 905. The van der Waals surface area contributed by atoms with E-state index in [0.717, 1.165) is 6.07 Å². The maximum Gasteiger partial charge on any atom is 0.280 e. The second kappa shape index (κ2) is 5.91. The van der Waals surface area contributed by atoms with Crippen LogP contribution < -0.4 is 5.32 Å². The van der Waals surface area contributed by atoms with Gasteiger partial charge >= 0.3 is 0 Å². The van der Waals surface area contributed by atoms with Crippen LogP contribution in [0.25, 0.3) is 5.65 Å². The molecule has 24 heavy (non-hydrogen) atoms. The van der Waals surface area contributed by atoms with Gasteiger partial charge in [-0.3, -0.25) is 4.79 Å². The molecule has 3 rings (SSSR count). The van der Waals surface area contributed by atoms with Crippen molar-refractivity contribution in [2.45, 2.75) is 19.8 Å². The van der Waals surface area contributed by atoms with Crippen molar-refractivity contribution < 1.29 is 26.9 Å². The van der Waals surface area contributed by atoms with Crippen LogP contribution in [0, 0.1) is 6.92 Å². The van der Waals surface area contributed by atoms with Gasteiger partial charge in [-0.1, -0.05) is 5.16 Å². The molecule has 3 aromatic heterocycles. The zero-order chi connectivity index (χ0) is 17.4. The van der Waals surface area contributed by atoms with Gasteiger partial charge in [-0.15, -0.1) is 0 Å². The van der Waals surface area contributed by atoms with E-state index in [-0.39, 0.29) is 17.2 Å². The van der Waals surface area contributed by atoms with Crippen LogP contribution in [-0.4, -0.2) is 25.7 Å². The molecule has 0 aliphatic carbocycles. The van der Waals surface area contributed by atoms with E-state index in [4.69, 9.17) is 4.52 Å². The number of rotatable bonds is 4. The molecule has 0 spiro atoms. The molecule has 0 bridgehead atoms. The lowest BCUT2D eigenvalue weighted by molar-refractivity contribution is 0.101. The summed E-state index contributed by atoms with van der Waals surface area (Å²) in [6, 6.07) is 3.02. The minimum atomic E-state index is -3.07. The number of nitrogens with one attached hydrogen (secondary N) is 1. The number of nitrogens with zero attached hydrogens (tertiary/aromatic N) is 4. The van der Waals surface area contributed by atoms with Crippen molar-refractivity contribution in [1.82, 2.24) is 19.8 Å². The number of hydrogen-bond acceptors (Lipinski definition) is 5. The van der Waals surface area contributed by atoms with Crippen LogP contribution in [0.15, 0.2) is 22.7 Å². The highest BCUT2D eigenvalue weighted by Crippen LogP contribution is 2.25. The van der Waals surface area contributed by atoms with Crippen LogP contribution in [0.1, 0.15) is 40.5 Å². The SMILES string of the molecule is Cc1cc(NC(=O)c2cc3nc(C(F)F)cc(C(F)F)n3n2)no1. The quantitative estimate of drug-likeness (QED) is 0.736. The Morgan fingerprint density at radius 1 is 1.21 bits per heavy atom. The predicted octanol–water partition coefficient (Wildman–Crippen LogP) is 3.15. The summed E-state index contributed by atoms with van der Waals surface area (Å²) < 4.78 is 57.0. The first-order valence-corrected chi connectivity index (χ1v) is 6.56. The Kier molecular flexibility index (Phi) is 3.91. The normalized spacial score (nSPS) is 11.6. The Morgan fingerprint density at radius 3 is 2.54 bits per heavy atom. The second-order valence-electron chi connectivity index (χ2n) is 4.78. The summed E-state index contributed by atoms with van der Waals surface area (Å²) in [5, 5.41) is 9.58. The fraction of sp³-hybridized carbons (Fsp3) is 0.231. The summed E-state index contributed by atoms with van der Waals surface area (Å²) in [5.41, 5.74) is -2.18. The van der Waals surface area contributed by atoms with Crippen molar-refractivity contribution in [3.05, 3.63) is 41.0 Å². The van der Waals surface area contributed by atoms with Gasteiger partial charge in [-0.2, -0.15) is 5.10 Å². The first-order chi connectivity index (χ1) is 11.3. The molecular formula is C13H9F4N5O2. The minimum Gasteiger partial charge on any atom is -0.360 e. The molecule has 0 radical (unpaired) electrons. The fourth-order valence-electron chi connectivity index (χ4n) is 2.00. The Balaban J connectivity index is 2.00. The Hall–Kier alpha value is -2.98. The van der Waals surface area contributed by atoms with Gasteiger partial charge in [0.05, 0.1) is 0 Å². The highest BCUT2D eigenvalue weighted by atomic mass is 19.3. The molecule has 126 valence electrons. The van der Waals surface area contributed by atoms with Gasteiger partial charge in [0.15, 0.2) is 17.2 Å². The number of aromatic nitrogens is 4. The topological polar surface area (TPSA) is 85.3 Å². The smallest absolute Gasteiger partial charge is 0.280 e. The number of carbonyl (C=O) groups excluding carboxylic acids is 1. The van der Waals surface area contributed by atoms with Gasteiger partial charge in [0, 0.05) is 12.1 Å². The maximum absolute atomic E-state index is 13.0. The lowest BCUT2D eigenvalue weighted by Gasteiger charge is -2.06. The molecule has 0 aromatic carbocycles. The van der Waals surface area contributed by atoms with E-state index in [1.807, 2.05) is 0 Å². The van der Waals surface area contributed by atoms with Gasteiger partial charge in [-0.05, 0) is 13.0 Å². The third-order valence-electron chi connectivity index (χ3n) is 3.02. The molecule has 3 aromatic rings. The molecule has 11 heteroatoms. The average molecular weight is 343 g/mol. The van der Waals surface area contributed by atoms with Gasteiger partial charge < -0.3 is 9.84 Å². The lowest BCUT2D eigenvalue weighted by Crippen LogP contribution is -2.13. The highest BCUT2D eigenvalue weighted by Gasteiger charge is 2.22. The Labute approximate surface area is 131 Å². The molecule has 7 nitrogen and oxygen atoms in total. The summed E-state index contributed by atoms with van der Waals surface area (Å²) in [5.74, 6) is -0.221. The van der Waals surface area contributed by atoms with Gasteiger partial charge in [0.1, 0.15) is 17.1 Å². The zero-order valence-electron chi connectivity index (χ0n) is 12.0. The molecule has 0 saturated carbocycles. The third-order valence-corrected chi connectivity index (χ3v) is 3.02. The molecule has 1 N–H and O–H groups in total. The van der Waals surface area contributed by atoms with Gasteiger partial charge in [0.25, 0.3) is 18.8 Å². The fourth-order valence-corrected chi connectivity index (χ4v) is 2.00. The number of hydrogen-bond donors (Lipinski definition) is 1. The van der Waals surface area contributed by atoms with Crippen LogP contribution >= 0.6 is 0 Å². The Morgan fingerprint density at radius 2 is 1.96 bits per heavy atom.